The van der Waals surface area contributed by atoms with Gasteiger partial charge in [-0.05, 0) is 35.7 Å². The molecule has 1 aromatic carbocycles. The van der Waals surface area contributed by atoms with Crippen LogP contribution in [0.25, 0.3) is 6.08 Å². The van der Waals surface area contributed by atoms with Crippen molar-refractivity contribution in [2.75, 3.05) is 11.4 Å². The monoisotopic (exact) mass is 270 g/mol. The van der Waals surface area contributed by atoms with Crippen molar-refractivity contribution < 1.29 is 0 Å². The van der Waals surface area contributed by atoms with E-state index in [9.17, 15) is 0 Å². The van der Waals surface area contributed by atoms with E-state index in [-0.39, 0.29) is 0 Å². The van der Waals surface area contributed by atoms with Gasteiger partial charge in [0.05, 0.1) is 10.7 Å². The molecule has 0 saturated heterocycles. The summed E-state index contributed by atoms with van der Waals surface area (Å²) in [5, 5.41) is 0.769. The van der Waals surface area contributed by atoms with Crippen molar-refractivity contribution in [3.05, 3.63) is 58.8 Å². The minimum Gasteiger partial charge on any atom is -0.321 e. The first-order valence-corrected chi connectivity index (χ1v) is 6.85. The molecule has 0 unspecified atom stereocenters. The third kappa shape index (κ3) is 2.24. The van der Waals surface area contributed by atoms with Crippen LogP contribution < -0.4 is 4.90 Å². The molecule has 0 atom stereocenters. The number of hydrogen-bond donors (Lipinski definition) is 0. The standard InChI is InChI=1S/C16H15ClN2/c1-2-12-8-9-18-15(11-12)19-10-4-6-13-5-3-7-14(17)16(13)19/h3-9,11H,2,10H2,1H3. The van der Waals surface area contributed by atoms with Crippen molar-refractivity contribution in [3.63, 3.8) is 0 Å². The summed E-state index contributed by atoms with van der Waals surface area (Å²) in [4.78, 5) is 6.65. The lowest BCUT2D eigenvalue weighted by Crippen LogP contribution is -2.21. The molecule has 0 N–H and O–H groups in total. The van der Waals surface area contributed by atoms with Crippen LogP contribution in [0.5, 0.6) is 0 Å². The molecule has 0 bridgehead atoms. The summed E-state index contributed by atoms with van der Waals surface area (Å²) in [7, 11) is 0. The highest BCUT2D eigenvalue weighted by Gasteiger charge is 2.18. The number of pyridine rings is 1. The van der Waals surface area contributed by atoms with Gasteiger partial charge in [-0.1, -0.05) is 42.8 Å². The molecule has 1 aliphatic rings. The molecule has 1 aliphatic heterocycles. The molecule has 0 spiro atoms. The van der Waals surface area contributed by atoms with Crippen LogP contribution in [-0.4, -0.2) is 11.5 Å². The Hall–Kier alpha value is -1.80. The Morgan fingerprint density at radius 1 is 1.32 bits per heavy atom. The highest BCUT2D eigenvalue weighted by atomic mass is 35.5. The molecule has 0 fully saturated rings. The molecule has 2 aromatic rings. The zero-order valence-electron chi connectivity index (χ0n) is 10.8. The van der Waals surface area contributed by atoms with E-state index in [4.69, 9.17) is 11.6 Å². The fourth-order valence-corrected chi connectivity index (χ4v) is 2.65. The predicted octanol–water partition coefficient (Wildman–Crippen LogP) is 4.46. The first-order chi connectivity index (χ1) is 9.29. The van der Waals surface area contributed by atoms with Gasteiger partial charge in [0.15, 0.2) is 0 Å². The van der Waals surface area contributed by atoms with Gasteiger partial charge in [-0.3, -0.25) is 0 Å². The van der Waals surface area contributed by atoms with Gasteiger partial charge in [0.25, 0.3) is 0 Å². The van der Waals surface area contributed by atoms with Gasteiger partial charge in [-0.15, -0.1) is 0 Å². The van der Waals surface area contributed by atoms with Crippen LogP contribution in [0.4, 0.5) is 11.5 Å². The van der Waals surface area contributed by atoms with Crippen LogP contribution in [0.15, 0.2) is 42.6 Å². The highest BCUT2D eigenvalue weighted by molar-refractivity contribution is 6.33. The molecule has 2 nitrogen and oxygen atoms in total. The van der Waals surface area contributed by atoms with Crippen molar-refractivity contribution in [3.8, 4) is 0 Å². The minimum atomic E-state index is 0.769. The van der Waals surface area contributed by atoms with E-state index in [2.05, 4.69) is 47.2 Å². The van der Waals surface area contributed by atoms with Gasteiger partial charge in [0.2, 0.25) is 0 Å². The van der Waals surface area contributed by atoms with Crippen LogP contribution in [-0.2, 0) is 6.42 Å². The predicted molar refractivity (Wildman–Crippen MR) is 81.1 cm³/mol. The van der Waals surface area contributed by atoms with E-state index in [0.717, 1.165) is 35.1 Å². The number of fused-ring (bicyclic) bond motifs is 1. The van der Waals surface area contributed by atoms with E-state index in [1.54, 1.807) is 0 Å². The third-order valence-electron chi connectivity index (χ3n) is 3.37. The van der Waals surface area contributed by atoms with Gasteiger partial charge in [-0.2, -0.15) is 0 Å². The Labute approximate surface area is 118 Å². The maximum absolute atomic E-state index is 6.36. The molecule has 19 heavy (non-hydrogen) atoms. The number of nitrogens with zero attached hydrogens (tertiary/aromatic N) is 2. The van der Waals surface area contributed by atoms with E-state index in [1.165, 1.54) is 5.56 Å². The average molecular weight is 271 g/mol. The van der Waals surface area contributed by atoms with Crippen LogP contribution in [0, 0.1) is 0 Å². The Morgan fingerprint density at radius 2 is 2.21 bits per heavy atom. The van der Waals surface area contributed by atoms with Gasteiger partial charge >= 0.3 is 0 Å². The fourth-order valence-electron chi connectivity index (χ4n) is 2.36. The van der Waals surface area contributed by atoms with E-state index in [1.807, 2.05) is 18.3 Å². The molecule has 3 rings (SSSR count). The van der Waals surface area contributed by atoms with Crippen LogP contribution in [0.3, 0.4) is 0 Å². The summed E-state index contributed by atoms with van der Waals surface area (Å²) in [5.41, 5.74) is 3.48. The molecular formula is C16H15ClN2. The molecular weight excluding hydrogens is 256 g/mol. The van der Waals surface area contributed by atoms with Gasteiger partial charge < -0.3 is 4.90 Å². The van der Waals surface area contributed by atoms with Crippen molar-refractivity contribution in [1.29, 1.82) is 0 Å². The fraction of sp³-hybridized carbons (Fsp3) is 0.188. The zero-order chi connectivity index (χ0) is 13.2. The second-order valence-electron chi connectivity index (χ2n) is 4.57. The summed E-state index contributed by atoms with van der Waals surface area (Å²) in [6, 6.07) is 10.2. The first-order valence-electron chi connectivity index (χ1n) is 6.47. The van der Waals surface area contributed by atoms with E-state index >= 15 is 0 Å². The molecule has 3 heteroatoms. The molecule has 0 radical (unpaired) electrons. The van der Waals surface area contributed by atoms with Crippen molar-refractivity contribution in [1.82, 2.24) is 4.98 Å². The number of benzene rings is 1. The molecule has 0 aliphatic carbocycles. The normalized spacial score (nSPS) is 13.5. The second kappa shape index (κ2) is 5.06. The Kier molecular flexibility index (Phi) is 3.26. The second-order valence-corrected chi connectivity index (χ2v) is 4.97. The van der Waals surface area contributed by atoms with Gasteiger partial charge in [-0.25, -0.2) is 4.98 Å². The van der Waals surface area contributed by atoms with Gasteiger partial charge in [0, 0.05) is 12.7 Å². The molecule has 0 amide bonds. The number of hydrogen-bond acceptors (Lipinski definition) is 2. The first kappa shape index (κ1) is 12.2. The lowest BCUT2D eigenvalue weighted by molar-refractivity contribution is 1.02. The molecule has 2 heterocycles. The molecule has 1 aromatic heterocycles. The highest BCUT2D eigenvalue weighted by Crippen LogP contribution is 2.37. The number of aromatic nitrogens is 1. The van der Waals surface area contributed by atoms with Crippen molar-refractivity contribution in [2.45, 2.75) is 13.3 Å². The summed E-state index contributed by atoms with van der Waals surface area (Å²) in [6.45, 7) is 2.95. The number of aryl methyl sites for hydroxylation is 1. The maximum Gasteiger partial charge on any atom is 0.133 e. The smallest absolute Gasteiger partial charge is 0.133 e. The zero-order valence-corrected chi connectivity index (χ0v) is 11.6. The number of rotatable bonds is 2. The van der Waals surface area contributed by atoms with E-state index in [0.29, 0.717) is 0 Å². The average Bonchev–Trinajstić information content (AvgIpc) is 2.47. The summed E-state index contributed by atoms with van der Waals surface area (Å²) in [6.07, 6.45) is 7.12. The third-order valence-corrected chi connectivity index (χ3v) is 3.67. The number of halogens is 1. The van der Waals surface area contributed by atoms with Crippen LogP contribution in [0.1, 0.15) is 18.1 Å². The quantitative estimate of drug-likeness (QED) is 0.801. The Morgan fingerprint density at radius 3 is 3.05 bits per heavy atom. The number of anilines is 2. The molecule has 96 valence electrons. The van der Waals surface area contributed by atoms with Crippen LogP contribution in [0.2, 0.25) is 5.02 Å². The Balaban J connectivity index is 2.10. The minimum absolute atomic E-state index is 0.769. The number of para-hydroxylation sites is 1. The van der Waals surface area contributed by atoms with Crippen molar-refractivity contribution in [2.24, 2.45) is 0 Å². The summed E-state index contributed by atoms with van der Waals surface area (Å²) < 4.78 is 0. The van der Waals surface area contributed by atoms with Crippen LogP contribution >= 0.6 is 11.6 Å². The lowest BCUT2D eigenvalue weighted by atomic mass is 10.1. The van der Waals surface area contributed by atoms with Gasteiger partial charge in [0.1, 0.15) is 5.82 Å². The summed E-state index contributed by atoms with van der Waals surface area (Å²) >= 11 is 6.36. The Bertz CT molecular complexity index is 634. The lowest BCUT2D eigenvalue weighted by Gasteiger charge is -2.28. The summed E-state index contributed by atoms with van der Waals surface area (Å²) in [5.74, 6) is 0.957. The van der Waals surface area contributed by atoms with E-state index < -0.39 is 0 Å². The molecule has 0 saturated carbocycles. The van der Waals surface area contributed by atoms with Crippen molar-refractivity contribution >= 4 is 29.2 Å². The SMILES string of the molecule is CCc1ccnc(N2CC=Cc3cccc(Cl)c32)c1. The largest absolute Gasteiger partial charge is 0.321 e. The maximum atomic E-state index is 6.36. The topological polar surface area (TPSA) is 16.1 Å².